The predicted molar refractivity (Wildman–Crippen MR) is 64.5 cm³/mol. The molecule has 17 heavy (non-hydrogen) atoms. The molecule has 0 radical (unpaired) electrons. The molecule has 0 bridgehead atoms. The fraction of sp³-hybridized carbons (Fsp3) is 0.364. The molecule has 0 saturated carbocycles. The molecule has 6 heteroatoms. The molecule has 0 saturated heterocycles. The molecule has 2 unspecified atom stereocenters. The minimum absolute atomic E-state index is 0.0245. The summed E-state index contributed by atoms with van der Waals surface area (Å²) in [6.07, 6.45) is 0. The number of nitrogens with one attached hydrogen (secondary N) is 1. The Bertz CT molecular complexity index is 465. The maximum atomic E-state index is 10.6. The molecule has 2 atom stereocenters. The van der Waals surface area contributed by atoms with Crippen molar-refractivity contribution in [3.05, 3.63) is 33.9 Å². The van der Waals surface area contributed by atoms with E-state index in [0.717, 1.165) is 0 Å². The number of hydrogen-bond acceptors (Lipinski definition) is 5. The van der Waals surface area contributed by atoms with Gasteiger partial charge in [-0.25, -0.2) is 0 Å². The molecule has 0 spiro atoms. The fourth-order valence-corrected chi connectivity index (χ4v) is 1.24. The Labute approximate surface area is 99.2 Å². The summed E-state index contributed by atoms with van der Waals surface area (Å²) in [5.41, 5.74) is 6.40. The Morgan fingerprint density at radius 1 is 1.53 bits per heavy atom. The van der Waals surface area contributed by atoms with E-state index in [1.165, 1.54) is 18.2 Å². The van der Waals surface area contributed by atoms with Crippen LogP contribution in [0.1, 0.15) is 19.4 Å². The van der Waals surface area contributed by atoms with E-state index in [0.29, 0.717) is 5.69 Å². The van der Waals surface area contributed by atoms with Crippen LogP contribution in [0.15, 0.2) is 18.2 Å². The summed E-state index contributed by atoms with van der Waals surface area (Å²) >= 11 is 0. The van der Waals surface area contributed by atoms with E-state index < -0.39 is 4.92 Å². The van der Waals surface area contributed by atoms with Gasteiger partial charge in [-0.2, -0.15) is 5.26 Å². The number of nitro benzene ring substituents is 1. The smallest absolute Gasteiger partial charge is 0.270 e. The summed E-state index contributed by atoms with van der Waals surface area (Å²) in [5.74, 6) is 0. The van der Waals surface area contributed by atoms with Crippen LogP contribution in [-0.4, -0.2) is 17.0 Å². The van der Waals surface area contributed by atoms with E-state index >= 15 is 0 Å². The van der Waals surface area contributed by atoms with Crippen LogP contribution in [0, 0.1) is 21.4 Å². The standard InChI is InChI=1S/C11H14N4O2/c1-7(13)8(2)14-11-4-3-10(15(16)17)5-9(11)6-12/h3-5,7-8,14H,13H2,1-2H3. The first-order chi connectivity index (χ1) is 7.95. The van der Waals surface area contributed by atoms with E-state index in [1.807, 2.05) is 19.9 Å². The molecule has 0 aliphatic carbocycles. The fourth-order valence-electron chi connectivity index (χ4n) is 1.24. The molecule has 1 aromatic carbocycles. The third-order valence-electron chi connectivity index (χ3n) is 2.51. The molecule has 0 amide bonds. The molecular formula is C11H14N4O2. The van der Waals surface area contributed by atoms with Crippen LogP contribution in [0.4, 0.5) is 11.4 Å². The third kappa shape index (κ3) is 3.16. The molecule has 0 aromatic heterocycles. The van der Waals surface area contributed by atoms with Gasteiger partial charge in [0.15, 0.2) is 0 Å². The van der Waals surface area contributed by atoms with Crippen LogP contribution in [0.2, 0.25) is 0 Å². The van der Waals surface area contributed by atoms with Gasteiger partial charge in [-0.1, -0.05) is 0 Å². The normalized spacial score (nSPS) is 13.5. The van der Waals surface area contributed by atoms with Gasteiger partial charge in [0.05, 0.1) is 16.2 Å². The zero-order chi connectivity index (χ0) is 13.0. The second kappa shape index (κ2) is 5.27. The van der Waals surface area contributed by atoms with Crippen molar-refractivity contribution in [2.24, 2.45) is 5.73 Å². The zero-order valence-corrected chi connectivity index (χ0v) is 9.68. The predicted octanol–water partition coefficient (Wildman–Crippen LogP) is 1.61. The summed E-state index contributed by atoms with van der Waals surface area (Å²) in [6, 6.07) is 5.94. The number of nitrogens with zero attached hydrogens (tertiary/aromatic N) is 2. The number of nitrogens with two attached hydrogens (primary N) is 1. The Balaban J connectivity index is 3.02. The average Bonchev–Trinajstić information content (AvgIpc) is 2.28. The molecule has 6 nitrogen and oxygen atoms in total. The highest BCUT2D eigenvalue weighted by molar-refractivity contribution is 5.61. The van der Waals surface area contributed by atoms with Gasteiger partial charge in [0.2, 0.25) is 0 Å². The van der Waals surface area contributed by atoms with Gasteiger partial charge in [-0.3, -0.25) is 10.1 Å². The van der Waals surface area contributed by atoms with Crippen LogP contribution in [0.3, 0.4) is 0 Å². The summed E-state index contributed by atoms with van der Waals surface area (Å²) in [4.78, 5) is 10.0. The van der Waals surface area contributed by atoms with Crippen LogP contribution < -0.4 is 11.1 Å². The van der Waals surface area contributed by atoms with E-state index in [-0.39, 0.29) is 23.3 Å². The van der Waals surface area contributed by atoms with E-state index in [1.54, 1.807) is 0 Å². The zero-order valence-electron chi connectivity index (χ0n) is 9.68. The molecule has 1 aromatic rings. The molecule has 0 heterocycles. The van der Waals surface area contributed by atoms with Crippen LogP contribution >= 0.6 is 0 Å². The second-order valence-electron chi connectivity index (χ2n) is 3.89. The van der Waals surface area contributed by atoms with Crippen molar-refractivity contribution in [3.8, 4) is 6.07 Å². The number of anilines is 1. The molecule has 90 valence electrons. The van der Waals surface area contributed by atoms with Gasteiger partial charge in [-0.15, -0.1) is 0 Å². The molecular weight excluding hydrogens is 220 g/mol. The molecule has 0 aliphatic rings. The monoisotopic (exact) mass is 234 g/mol. The lowest BCUT2D eigenvalue weighted by molar-refractivity contribution is -0.384. The van der Waals surface area contributed by atoms with Gasteiger partial charge < -0.3 is 11.1 Å². The van der Waals surface area contributed by atoms with Crippen LogP contribution in [0.5, 0.6) is 0 Å². The van der Waals surface area contributed by atoms with Gasteiger partial charge >= 0.3 is 0 Å². The SMILES string of the molecule is CC(N)C(C)Nc1ccc([N+](=O)[O-])cc1C#N. The topological polar surface area (TPSA) is 105 Å². The van der Waals surface area contributed by atoms with Crippen molar-refractivity contribution in [1.29, 1.82) is 5.26 Å². The Hall–Kier alpha value is -2.13. The highest BCUT2D eigenvalue weighted by atomic mass is 16.6. The number of nitro groups is 1. The van der Waals surface area contributed by atoms with Crippen molar-refractivity contribution < 1.29 is 4.92 Å². The number of nitriles is 1. The van der Waals surface area contributed by atoms with E-state index in [9.17, 15) is 10.1 Å². The van der Waals surface area contributed by atoms with Gasteiger partial charge in [0, 0.05) is 24.2 Å². The van der Waals surface area contributed by atoms with Crippen LogP contribution in [-0.2, 0) is 0 Å². The van der Waals surface area contributed by atoms with Crippen molar-refractivity contribution in [2.75, 3.05) is 5.32 Å². The second-order valence-corrected chi connectivity index (χ2v) is 3.89. The summed E-state index contributed by atoms with van der Waals surface area (Å²) in [5, 5.41) is 22.6. The minimum atomic E-state index is -0.528. The summed E-state index contributed by atoms with van der Waals surface area (Å²) in [6.45, 7) is 3.72. The Morgan fingerprint density at radius 3 is 2.65 bits per heavy atom. The van der Waals surface area contributed by atoms with Gasteiger partial charge in [0.1, 0.15) is 6.07 Å². The lowest BCUT2D eigenvalue weighted by Gasteiger charge is -2.19. The molecule has 0 aliphatic heterocycles. The highest BCUT2D eigenvalue weighted by Crippen LogP contribution is 2.22. The largest absolute Gasteiger partial charge is 0.380 e. The Kier molecular flexibility index (Phi) is 4.01. The van der Waals surface area contributed by atoms with Gasteiger partial charge in [0.25, 0.3) is 5.69 Å². The molecule has 3 N–H and O–H groups in total. The number of benzene rings is 1. The number of hydrogen-bond donors (Lipinski definition) is 2. The lowest BCUT2D eigenvalue weighted by atomic mass is 10.1. The van der Waals surface area contributed by atoms with Crippen LogP contribution in [0.25, 0.3) is 0 Å². The maximum absolute atomic E-state index is 10.6. The van der Waals surface area contributed by atoms with Crippen molar-refractivity contribution in [1.82, 2.24) is 0 Å². The van der Waals surface area contributed by atoms with Gasteiger partial charge in [-0.05, 0) is 19.9 Å². The van der Waals surface area contributed by atoms with Crippen molar-refractivity contribution in [3.63, 3.8) is 0 Å². The quantitative estimate of drug-likeness (QED) is 0.608. The summed E-state index contributed by atoms with van der Waals surface area (Å²) in [7, 11) is 0. The molecule has 0 fully saturated rings. The number of rotatable bonds is 4. The lowest BCUT2D eigenvalue weighted by Crippen LogP contribution is -2.35. The minimum Gasteiger partial charge on any atom is -0.380 e. The first-order valence-electron chi connectivity index (χ1n) is 5.16. The average molecular weight is 234 g/mol. The Morgan fingerprint density at radius 2 is 2.18 bits per heavy atom. The first kappa shape index (κ1) is 12.9. The van der Waals surface area contributed by atoms with Crippen molar-refractivity contribution >= 4 is 11.4 Å². The third-order valence-corrected chi connectivity index (χ3v) is 2.51. The summed E-state index contributed by atoms with van der Waals surface area (Å²) < 4.78 is 0. The number of non-ortho nitro benzene ring substituents is 1. The highest BCUT2D eigenvalue weighted by Gasteiger charge is 2.13. The first-order valence-corrected chi connectivity index (χ1v) is 5.16. The van der Waals surface area contributed by atoms with E-state index in [4.69, 9.17) is 11.0 Å². The maximum Gasteiger partial charge on any atom is 0.270 e. The molecule has 1 rings (SSSR count). The van der Waals surface area contributed by atoms with E-state index in [2.05, 4.69) is 5.32 Å². The van der Waals surface area contributed by atoms with Crippen molar-refractivity contribution in [2.45, 2.75) is 25.9 Å².